The van der Waals surface area contributed by atoms with E-state index in [-0.39, 0.29) is 5.38 Å². The monoisotopic (exact) mass is 221 g/mol. The lowest BCUT2D eigenvalue weighted by Crippen LogP contribution is -2.11. The van der Waals surface area contributed by atoms with E-state index in [1.54, 1.807) is 6.33 Å². The molecule has 0 aliphatic heterocycles. The van der Waals surface area contributed by atoms with Crippen molar-refractivity contribution in [3.63, 3.8) is 0 Å². The molecule has 1 aromatic heterocycles. The van der Waals surface area contributed by atoms with Crippen LogP contribution >= 0.6 is 11.6 Å². The van der Waals surface area contributed by atoms with Gasteiger partial charge in [0, 0.05) is 17.3 Å². The van der Waals surface area contributed by atoms with Crippen LogP contribution < -0.4 is 5.32 Å². The Bertz CT molecular complexity index is 451. The summed E-state index contributed by atoms with van der Waals surface area (Å²) in [5.74, 6) is 0.841. The number of anilines is 1. The Labute approximate surface area is 93.5 Å². The molecule has 15 heavy (non-hydrogen) atoms. The van der Waals surface area contributed by atoms with Gasteiger partial charge in [-0.2, -0.15) is 0 Å². The standard InChI is InChI=1S/C11H12ClN3/c1-8(12)6-13-11-9-4-2-3-5-10(9)14-7-15-11/h2-5,7-8H,6H2,1H3,(H,13,14,15). The van der Waals surface area contributed by atoms with E-state index in [0.29, 0.717) is 6.54 Å². The zero-order chi connectivity index (χ0) is 10.7. The Kier molecular flexibility index (Phi) is 3.02. The molecule has 78 valence electrons. The summed E-state index contributed by atoms with van der Waals surface area (Å²) in [5.41, 5.74) is 0.942. The first kappa shape index (κ1) is 10.2. The maximum Gasteiger partial charge on any atom is 0.137 e. The molecule has 0 radical (unpaired) electrons. The molecule has 2 aromatic rings. The highest BCUT2D eigenvalue weighted by atomic mass is 35.5. The Morgan fingerprint density at radius 1 is 1.33 bits per heavy atom. The summed E-state index contributed by atoms with van der Waals surface area (Å²) < 4.78 is 0. The molecule has 1 unspecified atom stereocenters. The second kappa shape index (κ2) is 4.45. The van der Waals surface area contributed by atoms with Crippen molar-refractivity contribution in [2.24, 2.45) is 0 Å². The number of nitrogens with zero attached hydrogens (tertiary/aromatic N) is 2. The van der Waals surface area contributed by atoms with E-state index in [1.807, 2.05) is 31.2 Å². The number of para-hydroxylation sites is 1. The van der Waals surface area contributed by atoms with Crippen LogP contribution in [0.1, 0.15) is 6.92 Å². The first-order valence-corrected chi connectivity index (χ1v) is 5.28. The lowest BCUT2D eigenvalue weighted by atomic mass is 10.2. The van der Waals surface area contributed by atoms with Gasteiger partial charge in [0.2, 0.25) is 0 Å². The molecule has 0 aliphatic rings. The first-order valence-electron chi connectivity index (χ1n) is 4.85. The topological polar surface area (TPSA) is 37.8 Å². The number of alkyl halides is 1. The second-order valence-corrected chi connectivity index (χ2v) is 4.15. The highest BCUT2D eigenvalue weighted by molar-refractivity contribution is 6.20. The number of rotatable bonds is 3. The summed E-state index contributed by atoms with van der Waals surface area (Å²) >= 11 is 5.87. The van der Waals surface area contributed by atoms with E-state index in [1.165, 1.54) is 0 Å². The lowest BCUT2D eigenvalue weighted by Gasteiger charge is -2.08. The highest BCUT2D eigenvalue weighted by Crippen LogP contribution is 2.18. The fourth-order valence-corrected chi connectivity index (χ4v) is 1.46. The number of aromatic nitrogens is 2. The average Bonchev–Trinajstić information content (AvgIpc) is 2.26. The largest absolute Gasteiger partial charge is 0.368 e. The summed E-state index contributed by atoms with van der Waals surface area (Å²) in [6.07, 6.45) is 1.56. The molecule has 1 heterocycles. The first-order chi connectivity index (χ1) is 7.27. The normalized spacial score (nSPS) is 12.7. The molecule has 4 heteroatoms. The van der Waals surface area contributed by atoms with Gasteiger partial charge < -0.3 is 5.32 Å². The van der Waals surface area contributed by atoms with Crippen LogP contribution in [0.4, 0.5) is 5.82 Å². The van der Waals surface area contributed by atoms with Crippen molar-refractivity contribution in [2.45, 2.75) is 12.3 Å². The van der Waals surface area contributed by atoms with E-state index >= 15 is 0 Å². The molecule has 0 saturated carbocycles. The number of halogens is 1. The van der Waals surface area contributed by atoms with Crippen LogP contribution in [-0.2, 0) is 0 Å². The van der Waals surface area contributed by atoms with Gasteiger partial charge in [0.25, 0.3) is 0 Å². The molecule has 2 rings (SSSR count). The van der Waals surface area contributed by atoms with Gasteiger partial charge in [-0.05, 0) is 19.1 Å². The smallest absolute Gasteiger partial charge is 0.137 e. The van der Waals surface area contributed by atoms with Crippen molar-refractivity contribution < 1.29 is 0 Å². The van der Waals surface area contributed by atoms with E-state index < -0.39 is 0 Å². The number of hydrogen-bond acceptors (Lipinski definition) is 3. The molecular weight excluding hydrogens is 210 g/mol. The maximum atomic E-state index is 5.87. The summed E-state index contributed by atoms with van der Waals surface area (Å²) in [6, 6.07) is 7.90. The number of nitrogens with one attached hydrogen (secondary N) is 1. The third kappa shape index (κ3) is 2.36. The van der Waals surface area contributed by atoms with Crippen molar-refractivity contribution in [1.29, 1.82) is 0 Å². The number of benzene rings is 1. The van der Waals surface area contributed by atoms with Crippen LogP contribution in [0.2, 0.25) is 0 Å². The van der Waals surface area contributed by atoms with Crippen molar-refractivity contribution in [3.8, 4) is 0 Å². The van der Waals surface area contributed by atoms with Crippen molar-refractivity contribution in [1.82, 2.24) is 9.97 Å². The van der Waals surface area contributed by atoms with E-state index in [4.69, 9.17) is 11.6 Å². The Morgan fingerprint density at radius 2 is 2.13 bits per heavy atom. The summed E-state index contributed by atoms with van der Waals surface area (Å²) in [4.78, 5) is 8.38. The van der Waals surface area contributed by atoms with Gasteiger partial charge in [-0.25, -0.2) is 9.97 Å². The molecule has 0 fully saturated rings. The van der Waals surface area contributed by atoms with Crippen molar-refractivity contribution in [2.75, 3.05) is 11.9 Å². The van der Waals surface area contributed by atoms with Gasteiger partial charge in [0.15, 0.2) is 0 Å². The van der Waals surface area contributed by atoms with Gasteiger partial charge in [0.05, 0.1) is 5.52 Å². The van der Waals surface area contributed by atoms with Crippen LogP contribution in [0.25, 0.3) is 10.9 Å². The van der Waals surface area contributed by atoms with Crippen LogP contribution in [0.5, 0.6) is 0 Å². The molecule has 0 saturated heterocycles. The molecule has 0 bridgehead atoms. The SMILES string of the molecule is CC(Cl)CNc1ncnc2ccccc12. The molecular formula is C11H12ClN3. The van der Waals surface area contributed by atoms with Gasteiger partial charge in [0.1, 0.15) is 12.1 Å². The predicted molar refractivity (Wildman–Crippen MR) is 63.3 cm³/mol. The summed E-state index contributed by atoms with van der Waals surface area (Å²) in [7, 11) is 0. The Morgan fingerprint density at radius 3 is 2.93 bits per heavy atom. The molecule has 0 amide bonds. The predicted octanol–water partition coefficient (Wildman–Crippen LogP) is 2.67. The van der Waals surface area contributed by atoms with E-state index in [2.05, 4.69) is 15.3 Å². The molecule has 1 atom stereocenters. The van der Waals surface area contributed by atoms with Gasteiger partial charge in [-0.1, -0.05) is 12.1 Å². The molecule has 3 nitrogen and oxygen atoms in total. The summed E-state index contributed by atoms with van der Waals surface area (Å²) in [6.45, 7) is 2.64. The van der Waals surface area contributed by atoms with E-state index in [9.17, 15) is 0 Å². The number of fused-ring (bicyclic) bond motifs is 1. The summed E-state index contributed by atoms with van der Waals surface area (Å²) in [5, 5.41) is 4.31. The highest BCUT2D eigenvalue weighted by Gasteiger charge is 2.03. The third-order valence-corrected chi connectivity index (χ3v) is 2.25. The zero-order valence-corrected chi connectivity index (χ0v) is 9.20. The van der Waals surface area contributed by atoms with Crippen LogP contribution in [0, 0.1) is 0 Å². The minimum atomic E-state index is 0.0822. The molecule has 0 spiro atoms. The molecule has 0 aliphatic carbocycles. The fourth-order valence-electron chi connectivity index (χ4n) is 1.38. The van der Waals surface area contributed by atoms with Crippen LogP contribution in [0.15, 0.2) is 30.6 Å². The average molecular weight is 222 g/mol. The molecule has 1 aromatic carbocycles. The van der Waals surface area contributed by atoms with Crippen LogP contribution in [0.3, 0.4) is 0 Å². The maximum absolute atomic E-state index is 5.87. The number of hydrogen-bond donors (Lipinski definition) is 1. The lowest BCUT2D eigenvalue weighted by molar-refractivity contribution is 0.978. The van der Waals surface area contributed by atoms with Gasteiger partial charge >= 0.3 is 0 Å². The fraction of sp³-hybridized carbons (Fsp3) is 0.273. The Hall–Kier alpha value is -1.35. The van der Waals surface area contributed by atoms with Gasteiger partial charge in [-0.3, -0.25) is 0 Å². The van der Waals surface area contributed by atoms with Gasteiger partial charge in [-0.15, -0.1) is 11.6 Å². The third-order valence-electron chi connectivity index (χ3n) is 2.09. The van der Waals surface area contributed by atoms with Crippen molar-refractivity contribution in [3.05, 3.63) is 30.6 Å². The van der Waals surface area contributed by atoms with Crippen molar-refractivity contribution >= 4 is 28.3 Å². The van der Waals surface area contributed by atoms with E-state index in [0.717, 1.165) is 16.7 Å². The quantitative estimate of drug-likeness (QED) is 0.810. The Balaban J connectivity index is 2.34. The minimum Gasteiger partial charge on any atom is -0.368 e. The van der Waals surface area contributed by atoms with Crippen LogP contribution in [-0.4, -0.2) is 21.9 Å². The minimum absolute atomic E-state index is 0.0822. The second-order valence-electron chi connectivity index (χ2n) is 3.40. The molecule has 1 N–H and O–H groups in total. The zero-order valence-electron chi connectivity index (χ0n) is 8.44.